The summed E-state index contributed by atoms with van der Waals surface area (Å²) >= 11 is 0. The van der Waals surface area contributed by atoms with Gasteiger partial charge in [-0.2, -0.15) is 0 Å². The zero-order valence-corrected chi connectivity index (χ0v) is 6.80. The summed E-state index contributed by atoms with van der Waals surface area (Å²) in [5.41, 5.74) is 0. The quantitative estimate of drug-likeness (QED) is 0.564. The smallest absolute Gasteiger partial charge is 0.0829 e. The molecule has 0 saturated carbocycles. The van der Waals surface area contributed by atoms with Crippen LogP contribution in [0.25, 0.3) is 0 Å². The summed E-state index contributed by atoms with van der Waals surface area (Å²) in [6, 6.07) is 0. The summed E-state index contributed by atoms with van der Waals surface area (Å²) in [6.45, 7) is 12.2. The molecule has 0 amide bonds. The molecule has 0 spiro atoms. The van der Waals surface area contributed by atoms with E-state index in [4.69, 9.17) is 4.74 Å². The van der Waals surface area contributed by atoms with E-state index in [1.54, 1.807) is 0 Å². The fraction of sp³-hybridized carbons (Fsp3) is 0.500. The molecule has 0 saturated heterocycles. The molecule has 2 heteroatoms. The molecule has 0 atom stereocenters. The van der Waals surface area contributed by atoms with Crippen molar-refractivity contribution in [3.05, 3.63) is 25.7 Å². The van der Waals surface area contributed by atoms with Crippen molar-refractivity contribution in [1.82, 2.24) is 0 Å². The lowest BCUT2D eigenvalue weighted by atomic mass is 10.8. The molecule has 0 unspecified atom stereocenters. The Balaban J connectivity index is 0. The Morgan fingerprint density at radius 2 is 1.50 bits per heavy atom. The van der Waals surface area contributed by atoms with E-state index < -0.39 is 0 Å². The molecule has 2 nitrogen and oxygen atoms in total. The molecule has 0 aliphatic rings. The lowest BCUT2D eigenvalue weighted by molar-refractivity contribution is 0.162. The van der Waals surface area contributed by atoms with Gasteiger partial charge >= 0.3 is 0 Å². The van der Waals surface area contributed by atoms with Crippen LogP contribution in [0, 0.1) is 0 Å². The van der Waals surface area contributed by atoms with Crippen LogP contribution in [-0.2, 0) is 9.47 Å². The zero-order valence-electron chi connectivity index (χ0n) is 6.80. The van der Waals surface area contributed by atoms with E-state index in [0.717, 1.165) is 13.2 Å². The van der Waals surface area contributed by atoms with Crippen molar-refractivity contribution in [2.75, 3.05) is 13.2 Å². The number of ether oxygens (including phenoxy) is 2. The molecule has 0 heterocycles. The van der Waals surface area contributed by atoms with Gasteiger partial charge in [-0.1, -0.05) is 13.2 Å². The van der Waals surface area contributed by atoms with Crippen molar-refractivity contribution in [1.29, 1.82) is 0 Å². The highest BCUT2D eigenvalue weighted by Crippen LogP contribution is 1.65. The first-order chi connectivity index (χ1) is 4.83. The van der Waals surface area contributed by atoms with Crippen LogP contribution in [-0.4, -0.2) is 13.2 Å². The first kappa shape index (κ1) is 12.0. The summed E-state index contributed by atoms with van der Waals surface area (Å²) in [6.07, 6.45) is 2.62. The number of hydrogen-bond donors (Lipinski definition) is 0. The van der Waals surface area contributed by atoms with E-state index in [1.165, 1.54) is 12.5 Å². The Morgan fingerprint density at radius 1 is 1.10 bits per heavy atom. The highest BCUT2D eigenvalue weighted by molar-refractivity contribution is 4.57. The van der Waals surface area contributed by atoms with E-state index in [2.05, 4.69) is 17.9 Å². The molecule has 0 aromatic carbocycles. The normalized spacial score (nSPS) is 7.00. The van der Waals surface area contributed by atoms with Crippen LogP contribution >= 0.6 is 0 Å². The van der Waals surface area contributed by atoms with Crippen LogP contribution < -0.4 is 0 Å². The van der Waals surface area contributed by atoms with Crippen LogP contribution in [0.1, 0.15) is 13.8 Å². The lowest BCUT2D eigenvalue weighted by Gasteiger charge is -1.86. The predicted molar refractivity (Wildman–Crippen MR) is 43.6 cm³/mol. The van der Waals surface area contributed by atoms with E-state index in [1.807, 2.05) is 13.8 Å². The van der Waals surface area contributed by atoms with Crippen molar-refractivity contribution in [3.63, 3.8) is 0 Å². The second kappa shape index (κ2) is 15.7. The third-order valence-electron chi connectivity index (χ3n) is 0.601. The highest BCUT2D eigenvalue weighted by atomic mass is 16.5. The molecular formula is C8H16O2. The SMILES string of the molecule is C=COC=C.CCOCC. The molecule has 0 aromatic heterocycles. The molecule has 0 aromatic rings. The first-order valence-electron chi connectivity index (χ1n) is 3.28. The molecule has 0 aliphatic carbocycles. The fourth-order valence-electron chi connectivity index (χ4n) is 0.272. The van der Waals surface area contributed by atoms with Gasteiger partial charge in [0.15, 0.2) is 0 Å². The maximum absolute atomic E-state index is 4.83. The van der Waals surface area contributed by atoms with E-state index in [9.17, 15) is 0 Å². The Labute approximate surface area is 63.1 Å². The molecule has 0 radical (unpaired) electrons. The topological polar surface area (TPSA) is 18.5 Å². The van der Waals surface area contributed by atoms with Crippen molar-refractivity contribution in [3.8, 4) is 0 Å². The second-order valence-corrected chi connectivity index (χ2v) is 1.25. The van der Waals surface area contributed by atoms with Crippen LogP contribution in [0.3, 0.4) is 0 Å². The Bertz CT molecular complexity index is 61.7. The average molecular weight is 144 g/mol. The van der Waals surface area contributed by atoms with Gasteiger partial charge in [0.05, 0.1) is 12.5 Å². The minimum atomic E-state index is 0.844. The monoisotopic (exact) mass is 144 g/mol. The average Bonchev–Trinajstić information content (AvgIpc) is 1.93. The minimum absolute atomic E-state index is 0.844. The van der Waals surface area contributed by atoms with Crippen LogP contribution in [0.2, 0.25) is 0 Å². The Morgan fingerprint density at radius 3 is 1.50 bits per heavy atom. The van der Waals surface area contributed by atoms with Crippen LogP contribution in [0.5, 0.6) is 0 Å². The van der Waals surface area contributed by atoms with E-state index in [-0.39, 0.29) is 0 Å². The molecule has 0 bridgehead atoms. The van der Waals surface area contributed by atoms with Gasteiger partial charge in [0.2, 0.25) is 0 Å². The largest absolute Gasteiger partial charge is 0.474 e. The molecule has 0 fully saturated rings. The maximum atomic E-state index is 4.83. The molecule has 10 heavy (non-hydrogen) atoms. The summed E-state index contributed by atoms with van der Waals surface area (Å²) < 4.78 is 9.19. The molecule has 0 aliphatic heterocycles. The summed E-state index contributed by atoms with van der Waals surface area (Å²) in [5, 5.41) is 0. The first-order valence-corrected chi connectivity index (χ1v) is 3.28. The zero-order chi connectivity index (χ0) is 8.24. The van der Waals surface area contributed by atoms with Gasteiger partial charge in [-0.15, -0.1) is 0 Å². The number of rotatable bonds is 4. The fourth-order valence-corrected chi connectivity index (χ4v) is 0.272. The van der Waals surface area contributed by atoms with Crippen molar-refractivity contribution in [2.45, 2.75) is 13.8 Å². The van der Waals surface area contributed by atoms with E-state index >= 15 is 0 Å². The van der Waals surface area contributed by atoms with Crippen molar-refractivity contribution >= 4 is 0 Å². The highest BCUT2D eigenvalue weighted by Gasteiger charge is 1.64. The Kier molecular flexibility index (Phi) is 18.8. The second-order valence-electron chi connectivity index (χ2n) is 1.25. The number of hydrogen-bond acceptors (Lipinski definition) is 2. The lowest BCUT2D eigenvalue weighted by Crippen LogP contribution is -1.84. The maximum Gasteiger partial charge on any atom is 0.0829 e. The van der Waals surface area contributed by atoms with Crippen LogP contribution in [0.15, 0.2) is 25.7 Å². The van der Waals surface area contributed by atoms with Gasteiger partial charge in [0.25, 0.3) is 0 Å². The van der Waals surface area contributed by atoms with Gasteiger partial charge in [0, 0.05) is 13.2 Å². The summed E-state index contributed by atoms with van der Waals surface area (Å²) in [4.78, 5) is 0. The van der Waals surface area contributed by atoms with Gasteiger partial charge < -0.3 is 9.47 Å². The van der Waals surface area contributed by atoms with Gasteiger partial charge in [-0.25, -0.2) is 0 Å². The van der Waals surface area contributed by atoms with Gasteiger partial charge in [-0.3, -0.25) is 0 Å². The van der Waals surface area contributed by atoms with Crippen LogP contribution in [0.4, 0.5) is 0 Å². The predicted octanol–water partition coefficient (Wildman–Crippen LogP) is 2.33. The summed E-state index contributed by atoms with van der Waals surface area (Å²) in [7, 11) is 0. The van der Waals surface area contributed by atoms with Gasteiger partial charge in [0.1, 0.15) is 0 Å². The van der Waals surface area contributed by atoms with Gasteiger partial charge in [-0.05, 0) is 13.8 Å². The summed E-state index contributed by atoms with van der Waals surface area (Å²) in [5.74, 6) is 0. The third-order valence-corrected chi connectivity index (χ3v) is 0.601. The third kappa shape index (κ3) is 26.9. The molecule has 60 valence electrons. The standard InChI is InChI=1S/C4H10O.C4H6O/c2*1-3-5-4-2/h3-4H2,1-2H3;3-4H,1-2H2. The molecule has 0 N–H and O–H groups in total. The molecule has 0 rings (SSSR count). The minimum Gasteiger partial charge on any atom is -0.474 e. The molecular weight excluding hydrogens is 128 g/mol. The van der Waals surface area contributed by atoms with E-state index in [0.29, 0.717) is 0 Å². The van der Waals surface area contributed by atoms with Crippen molar-refractivity contribution < 1.29 is 9.47 Å². The Hall–Kier alpha value is -0.760. The van der Waals surface area contributed by atoms with Crippen molar-refractivity contribution in [2.24, 2.45) is 0 Å².